The van der Waals surface area contributed by atoms with Gasteiger partial charge in [0.05, 0.1) is 21.8 Å². The minimum absolute atomic E-state index is 0.140. The lowest BCUT2D eigenvalue weighted by Crippen LogP contribution is -2.14. The normalized spacial score (nSPS) is 16.2. The number of hydrogen-bond acceptors (Lipinski definition) is 6. The molecular formula is C21H20ClN5OS2. The van der Waals surface area contributed by atoms with Gasteiger partial charge in [0.15, 0.2) is 10.8 Å². The fraction of sp³-hybridized carbons (Fsp3) is 0.333. The lowest BCUT2D eigenvalue weighted by Gasteiger charge is -2.17. The van der Waals surface area contributed by atoms with Crippen molar-refractivity contribution in [3.05, 3.63) is 45.6 Å². The summed E-state index contributed by atoms with van der Waals surface area (Å²) < 4.78 is 1.97. The number of aryl methyl sites for hydroxylation is 2. The summed E-state index contributed by atoms with van der Waals surface area (Å²) >= 11 is 9.26. The van der Waals surface area contributed by atoms with E-state index in [9.17, 15) is 4.79 Å². The molecule has 0 fully saturated rings. The average molecular weight is 458 g/mol. The van der Waals surface area contributed by atoms with Gasteiger partial charge in [0.2, 0.25) is 5.91 Å². The van der Waals surface area contributed by atoms with Crippen molar-refractivity contribution in [3.8, 4) is 0 Å². The molecule has 0 aliphatic heterocycles. The van der Waals surface area contributed by atoms with Crippen molar-refractivity contribution in [2.24, 2.45) is 5.92 Å². The summed E-state index contributed by atoms with van der Waals surface area (Å²) in [5, 5.41) is 14.0. The van der Waals surface area contributed by atoms with Gasteiger partial charge in [-0.1, -0.05) is 42.4 Å². The van der Waals surface area contributed by atoms with Crippen LogP contribution < -0.4 is 5.32 Å². The second kappa shape index (κ2) is 7.83. The van der Waals surface area contributed by atoms with Crippen LogP contribution in [0.25, 0.3) is 15.9 Å². The zero-order chi connectivity index (χ0) is 20.8. The fourth-order valence-electron chi connectivity index (χ4n) is 3.94. The highest BCUT2D eigenvalue weighted by Gasteiger charge is 2.25. The largest absolute Gasteiger partial charge is 0.324 e. The number of rotatable bonds is 4. The quantitative estimate of drug-likeness (QED) is 0.429. The SMILES string of the molecule is Cc1nc2sc3c(c2c2nnc(SCC(=O)Nc4ccccc4Cl)n12)CCC(C)C3. The predicted molar refractivity (Wildman–Crippen MR) is 123 cm³/mol. The highest BCUT2D eigenvalue weighted by Crippen LogP contribution is 2.39. The Balaban J connectivity index is 1.44. The topological polar surface area (TPSA) is 72.2 Å². The Morgan fingerprint density at radius 2 is 2.20 bits per heavy atom. The van der Waals surface area contributed by atoms with Gasteiger partial charge >= 0.3 is 0 Å². The molecule has 1 N–H and O–H groups in total. The molecule has 1 amide bonds. The molecule has 5 rings (SSSR count). The van der Waals surface area contributed by atoms with E-state index in [4.69, 9.17) is 16.6 Å². The van der Waals surface area contributed by atoms with Gasteiger partial charge in [-0.15, -0.1) is 21.5 Å². The number of halogens is 1. The number of thiophene rings is 1. The number of nitrogens with one attached hydrogen (secondary N) is 1. The van der Waals surface area contributed by atoms with E-state index in [1.165, 1.54) is 28.6 Å². The van der Waals surface area contributed by atoms with Crippen molar-refractivity contribution < 1.29 is 4.79 Å². The zero-order valence-corrected chi connectivity index (χ0v) is 19.0. The van der Waals surface area contributed by atoms with Crippen molar-refractivity contribution in [1.82, 2.24) is 19.6 Å². The van der Waals surface area contributed by atoms with Crippen LogP contribution in [0.3, 0.4) is 0 Å². The molecule has 4 aromatic rings. The summed E-state index contributed by atoms with van der Waals surface area (Å²) in [5.74, 6) is 1.62. The molecule has 0 bridgehead atoms. The number of thioether (sulfide) groups is 1. The maximum atomic E-state index is 12.4. The van der Waals surface area contributed by atoms with Crippen molar-refractivity contribution in [2.45, 2.75) is 38.3 Å². The van der Waals surface area contributed by atoms with Gasteiger partial charge in [-0.05, 0) is 49.8 Å². The standard InChI is InChI=1S/C21H20ClN5OS2/c1-11-7-8-13-16(9-11)30-20-18(13)19-25-26-21(27(19)12(2)23-20)29-10-17(28)24-15-6-4-3-5-14(15)22/h3-6,11H,7-10H2,1-2H3,(H,24,28). The number of anilines is 1. The maximum absolute atomic E-state index is 12.4. The Morgan fingerprint density at radius 3 is 3.03 bits per heavy atom. The smallest absolute Gasteiger partial charge is 0.234 e. The molecular weight excluding hydrogens is 438 g/mol. The van der Waals surface area contributed by atoms with Gasteiger partial charge in [0.25, 0.3) is 0 Å². The number of amides is 1. The third-order valence-electron chi connectivity index (χ3n) is 5.42. The van der Waals surface area contributed by atoms with Crippen molar-refractivity contribution in [1.29, 1.82) is 0 Å². The number of fused-ring (bicyclic) bond motifs is 5. The van der Waals surface area contributed by atoms with Gasteiger partial charge in [-0.25, -0.2) is 4.98 Å². The first-order valence-corrected chi connectivity index (χ1v) is 12.0. The van der Waals surface area contributed by atoms with E-state index >= 15 is 0 Å². The molecule has 0 saturated heterocycles. The maximum Gasteiger partial charge on any atom is 0.234 e. The van der Waals surface area contributed by atoms with Crippen molar-refractivity contribution in [3.63, 3.8) is 0 Å². The minimum Gasteiger partial charge on any atom is -0.324 e. The Morgan fingerprint density at radius 1 is 1.37 bits per heavy atom. The fourth-order valence-corrected chi connectivity index (χ4v) is 6.32. The molecule has 30 heavy (non-hydrogen) atoms. The van der Waals surface area contributed by atoms with E-state index in [1.54, 1.807) is 23.5 Å². The van der Waals surface area contributed by atoms with Crippen LogP contribution in [0.15, 0.2) is 29.4 Å². The second-order valence-electron chi connectivity index (χ2n) is 7.65. The van der Waals surface area contributed by atoms with E-state index in [2.05, 4.69) is 22.4 Å². The number of carbonyl (C=O) groups is 1. The van der Waals surface area contributed by atoms with E-state index < -0.39 is 0 Å². The highest BCUT2D eigenvalue weighted by atomic mass is 35.5. The van der Waals surface area contributed by atoms with Crippen molar-refractivity contribution in [2.75, 3.05) is 11.1 Å². The number of benzene rings is 1. The Bertz CT molecular complexity index is 1280. The molecule has 1 aliphatic carbocycles. The van der Waals surface area contributed by atoms with Crippen LogP contribution in [0.1, 0.15) is 29.6 Å². The lowest BCUT2D eigenvalue weighted by molar-refractivity contribution is -0.113. The van der Waals surface area contributed by atoms with Crippen LogP contribution in [-0.2, 0) is 17.6 Å². The number of nitrogens with zero attached hydrogens (tertiary/aromatic N) is 4. The summed E-state index contributed by atoms with van der Waals surface area (Å²) in [7, 11) is 0. The Labute approximate surface area is 187 Å². The average Bonchev–Trinajstić information content (AvgIpc) is 3.29. The molecule has 0 spiro atoms. The van der Waals surface area contributed by atoms with Crippen molar-refractivity contribution >= 4 is 62.2 Å². The summed E-state index contributed by atoms with van der Waals surface area (Å²) in [4.78, 5) is 19.7. The van der Waals surface area contributed by atoms with Gasteiger partial charge < -0.3 is 5.32 Å². The van der Waals surface area contributed by atoms with Crippen LogP contribution in [-0.4, -0.2) is 31.2 Å². The molecule has 3 aromatic heterocycles. The predicted octanol–water partition coefficient (Wildman–Crippen LogP) is 5.16. The second-order valence-corrected chi connectivity index (χ2v) is 10.1. The van der Waals surface area contributed by atoms with E-state index in [0.717, 1.165) is 34.5 Å². The number of aromatic nitrogens is 4. The molecule has 1 unspecified atom stereocenters. The first-order valence-electron chi connectivity index (χ1n) is 9.84. The van der Waals surface area contributed by atoms with Gasteiger partial charge in [0, 0.05) is 4.88 Å². The summed E-state index contributed by atoms with van der Waals surface area (Å²) in [6.07, 6.45) is 3.36. The molecule has 1 aromatic carbocycles. The monoisotopic (exact) mass is 457 g/mol. The molecule has 154 valence electrons. The molecule has 1 aliphatic rings. The molecule has 9 heteroatoms. The third kappa shape index (κ3) is 3.46. The first kappa shape index (κ1) is 19.8. The van der Waals surface area contributed by atoms with E-state index in [1.807, 2.05) is 23.5 Å². The zero-order valence-electron chi connectivity index (χ0n) is 16.6. The van der Waals surface area contributed by atoms with Gasteiger partial charge in [-0.3, -0.25) is 9.20 Å². The molecule has 3 heterocycles. The van der Waals surface area contributed by atoms with Crippen LogP contribution in [0.5, 0.6) is 0 Å². The van der Waals surface area contributed by atoms with Crippen LogP contribution in [0.2, 0.25) is 5.02 Å². The van der Waals surface area contributed by atoms with Crippen LogP contribution >= 0.6 is 34.7 Å². The first-order chi connectivity index (χ1) is 14.5. The molecule has 0 radical (unpaired) electrons. The molecule has 0 saturated carbocycles. The van der Waals surface area contributed by atoms with Gasteiger partial charge in [0.1, 0.15) is 10.7 Å². The van der Waals surface area contributed by atoms with E-state index in [-0.39, 0.29) is 11.7 Å². The van der Waals surface area contributed by atoms with Crippen LogP contribution in [0.4, 0.5) is 5.69 Å². The number of hydrogen-bond donors (Lipinski definition) is 1. The van der Waals surface area contributed by atoms with Gasteiger partial charge in [-0.2, -0.15) is 0 Å². The minimum atomic E-state index is -0.140. The molecule has 6 nitrogen and oxygen atoms in total. The highest BCUT2D eigenvalue weighted by molar-refractivity contribution is 7.99. The summed E-state index contributed by atoms with van der Waals surface area (Å²) in [5.41, 5.74) is 2.83. The number of para-hydroxylation sites is 1. The number of carbonyl (C=O) groups excluding carboxylic acids is 1. The summed E-state index contributed by atoms with van der Waals surface area (Å²) in [6, 6.07) is 7.19. The summed E-state index contributed by atoms with van der Waals surface area (Å²) in [6.45, 7) is 4.27. The Kier molecular flexibility index (Phi) is 5.16. The van der Waals surface area contributed by atoms with E-state index in [0.29, 0.717) is 21.8 Å². The third-order valence-corrected chi connectivity index (χ3v) is 7.82. The van der Waals surface area contributed by atoms with Crippen LogP contribution in [0, 0.1) is 12.8 Å². The molecule has 1 atom stereocenters. The lowest BCUT2D eigenvalue weighted by atomic mass is 9.89. The Hall–Kier alpha value is -2.16.